The first-order valence-electron chi connectivity index (χ1n) is 14.8. The van der Waals surface area contributed by atoms with E-state index in [0.29, 0.717) is 43.5 Å². The minimum Gasteiger partial charge on any atom is -0.507 e. The molecule has 2 aromatic heterocycles. The number of pyridine rings is 1. The number of nitrogens with zero attached hydrogens (tertiary/aromatic N) is 5. The third-order valence-corrected chi connectivity index (χ3v) is 10.2. The van der Waals surface area contributed by atoms with E-state index in [1.807, 2.05) is 13.8 Å². The molecule has 4 fully saturated rings. The van der Waals surface area contributed by atoms with Gasteiger partial charge >= 0.3 is 6.01 Å². The van der Waals surface area contributed by atoms with E-state index in [2.05, 4.69) is 30.1 Å². The van der Waals surface area contributed by atoms with Crippen LogP contribution in [0.2, 0.25) is 0 Å². The van der Waals surface area contributed by atoms with Gasteiger partial charge in [-0.05, 0) is 38.1 Å². The molecule has 1 aliphatic carbocycles. The number of hydrogen-bond acceptors (Lipinski definition) is 8. The van der Waals surface area contributed by atoms with Crippen molar-refractivity contribution in [2.45, 2.75) is 81.7 Å². The molecular weight excluding hydrogens is 533 g/mol. The maximum Gasteiger partial charge on any atom is 0.317 e. The van der Waals surface area contributed by atoms with Crippen molar-refractivity contribution in [1.29, 1.82) is 0 Å². The van der Waals surface area contributed by atoms with Crippen molar-refractivity contribution in [2.75, 3.05) is 32.8 Å². The normalized spacial score (nSPS) is 34.1. The molecule has 8 nitrogen and oxygen atoms in total. The predicted octanol–water partition coefficient (Wildman–Crippen LogP) is 4.48. The second-order valence-corrected chi connectivity index (χ2v) is 12.9. The predicted molar refractivity (Wildman–Crippen MR) is 148 cm³/mol. The van der Waals surface area contributed by atoms with E-state index in [4.69, 9.17) is 4.74 Å². The summed E-state index contributed by atoms with van der Waals surface area (Å²) in [5.41, 5.74) is -1.18. The number of halogens is 3. The average Bonchev–Trinajstić information content (AvgIpc) is 3.58. The molecule has 0 saturated carbocycles. The standard InChI is InChI=1S/C30H37F3N6O2/c1-17(2)30(39-14-20-4-5-21(15-39)36-20)10-22(23(40)8-24(30)32)27-25(33)26-18(11-34-27)12-35-28(37-26)41-16-29-6-3-7-38(29)13-19(31)9-29/h8,11-12,17,19-21,36,40H,3-7,9-10,13-16H2,1-2H3/t19-,20-,21+,29+,30?/m1/s1. The van der Waals surface area contributed by atoms with Crippen molar-refractivity contribution in [2.24, 2.45) is 5.92 Å². The lowest BCUT2D eigenvalue weighted by Crippen LogP contribution is -2.63. The number of rotatable bonds is 6. The maximum atomic E-state index is 16.2. The zero-order valence-corrected chi connectivity index (χ0v) is 23.5. The fourth-order valence-corrected chi connectivity index (χ4v) is 8.09. The summed E-state index contributed by atoms with van der Waals surface area (Å²) >= 11 is 0. The van der Waals surface area contributed by atoms with Crippen LogP contribution >= 0.6 is 0 Å². The molecule has 220 valence electrons. The van der Waals surface area contributed by atoms with Crippen LogP contribution in [-0.4, -0.2) is 92.0 Å². The van der Waals surface area contributed by atoms with Crippen LogP contribution in [0.3, 0.4) is 0 Å². The molecule has 6 heterocycles. The van der Waals surface area contributed by atoms with Crippen molar-refractivity contribution in [3.63, 3.8) is 0 Å². The molecule has 2 aromatic rings. The van der Waals surface area contributed by atoms with Gasteiger partial charge in [-0.15, -0.1) is 0 Å². The van der Waals surface area contributed by atoms with Crippen molar-refractivity contribution in [1.82, 2.24) is 30.1 Å². The van der Waals surface area contributed by atoms with E-state index < -0.39 is 23.4 Å². The van der Waals surface area contributed by atoms with Crippen LogP contribution in [0.5, 0.6) is 6.01 Å². The van der Waals surface area contributed by atoms with Gasteiger partial charge in [0, 0.05) is 74.0 Å². The molecule has 1 unspecified atom stereocenters. The van der Waals surface area contributed by atoms with Gasteiger partial charge in [0.25, 0.3) is 0 Å². The van der Waals surface area contributed by atoms with Gasteiger partial charge in [0.15, 0.2) is 5.82 Å². The number of aliphatic hydroxyl groups excluding tert-OH is 1. The Labute approximate surface area is 237 Å². The highest BCUT2D eigenvalue weighted by Crippen LogP contribution is 2.48. The first kappa shape index (κ1) is 27.1. The summed E-state index contributed by atoms with van der Waals surface area (Å²) in [4.78, 5) is 17.3. The zero-order chi connectivity index (χ0) is 28.5. The summed E-state index contributed by atoms with van der Waals surface area (Å²) in [6, 6.07) is 0.598. The molecule has 4 saturated heterocycles. The summed E-state index contributed by atoms with van der Waals surface area (Å²) in [5.74, 6) is -1.58. The first-order chi connectivity index (χ1) is 19.7. The molecule has 0 amide bonds. The Balaban J connectivity index is 1.20. The van der Waals surface area contributed by atoms with Crippen molar-refractivity contribution >= 4 is 16.5 Å². The number of aliphatic hydroxyl groups is 1. The number of aromatic nitrogens is 3. The van der Waals surface area contributed by atoms with Crippen LogP contribution in [0.1, 0.15) is 58.1 Å². The summed E-state index contributed by atoms with van der Waals surface area (Å²) in [6.07, 6.45) is 7.60. The van der Waals surface area contributed by atoms with Crippen LogP contribution < -0.4 is 10.1 Å². The number of fused-ring (bicyclic) bond motifs is 4. The second-order valence-electron chi connectivity index (χ2n) is 12.9. The van der Waals surface area contributed by atoms with Crippen molar-refractivity contribution in [3.05, 3.63) is 41.6 Å². The highest BCUT2D eigenvalue weighted by atomic mass is 19.1. The highest BCUT2D eigenvalue weighted by molar-refractivity contribution is 5.83. The number of allylic oxidation sites excluding steroid dienone is 1. The number of piperazine rings is 1. The van der Waals surface area contributed by atoms with E-state index in [0.717, 1.165) is 38.3 Å². The van der Waals surface area contributed by atoms with Crippen LogP contribution in [0.4, 0.5) is 13.2 Å². The minimum atomic E-state index is -1.02. The Bertz CT molecular complexity index is 1420. The molecule has 11 heteroatoms. The lowest BCUT2D eigenvalue weighted by Gasteiger charge is -2.51. The van der Waals surface area contributed by atoms with Crippen molar-refractivity contribution < 1.29 is 23.0 Å². The monoisotopic (exact) mass is 570 g/mol. The van der Waals surface area contributed by atoms with Gasteiger partial charge in [-0.2, -0.15) is 4.98 Å². The summed E-state index contributed by atoms with van der Waals surface area (Å²) in [7, 11) is 0. The molecule has 0 aromatic carbocycles. The largest absolute Gasteiger partial charge is 0.507 e. The van der Waals surface area contributed by atoms with E-state index in [9.17, 15) is 9.50 Å². The summed E-state index contributed by atoms with van der Waals surface area (Å²) < 4.78 is 52.2. The maximum absolute atomic E-state index is 16.2. The van der Waals surface area contributed by atoms with Crippen LogP contribution in [0.15, 0.2) is 30.1 Å². The fraction of sp³-hybridized carbons (Fsp3) is 0.633. The Hall–Kier alpha value is -2.76. The van der Waals surface area contributed by atoms with Gasteiger partial charge in [-0.3, -0.25) is 14.8 Å². The second kappa shape index (κ2) is 9.91. The number of nitrogens with one attached hydrogen (secondary N) is 1. The van der Waals surface area contributed by atoms with Crippen molar-refractivity contribution in [3.8, 4) is 6.01 Å². The van der Waals surface area contributed by atoms with Gasteiger partial charge in [0.05, 0.1) is 11.1 Å². The van der Waals surface area contributed by atoms with E-state index >= 15 is 8.78 Å². The molecule has 0 radical (unpaired) electrons. The van der Waals surface area contributed by atoms with E-state index in [-0.39, 0.29) is 53.0 Å². The van der Waals surface area contributed by atoms with Crippen LogP contribution in [-0.2, 0) is 0 Å². The minimum absolute atomic E-state index is 0.0117. The third-order valence-electron chi connectivity index (χ3n) is 10.2. The Kier molecular flexibility index (Phi) is 6.55. The van der Waals surface area contributed by atoms with Gasteiger partial charge < -0.3 is 15.2 Å². The molecular formula is C30H37F3N6O2. The lowest BCUT2D eigenvalue weighted by molar-refractivity contribution is 0.0295. The number of alkyl halides is 1. The summed E-state index contributed by atoms with van der Waals surface area (Å²) in [5, 5.41) is 14.9. The summed E-state index contributed by atoms with van der Waals surface area (Å²) in [6.45, 7) is 6.80. The van der Waals surface area contributed by atoms with Crippen LogP contribution in [0, 0.1) is 11.7 Å². The smallest absolute Gasteiger partial charge is 0.317 e. The lowest BCUT2D eigenvalue weighted by atomic mass is 9.73. The fourth-order valence-electron chi connectivity index (χ4n) is 8.09. The SMILES string of the molecule is CC(C)C1(N2C[C@H]3CC[C@@H](C2)N3)CC(c2ncc3cnc(OC[C@@]45CCCN4C[C@H](F)C5)nc3c2F)=C(O)C=C1F. The van der Waals surface area contributed by atoms with E-state index in [1.165, 1.54) is 12.4 Å². The highest BCUT2D eigenvalue weighted by Gasteiger charge is 2.51. The Morgan fingerprint density at radius 1 is 1.12 bits per heavy atom. The topological polar surface area (TPSA) is 86.6 Å². The van der Waals surface area contributed by atoms with Crippen LogP contribution in [0.25, 0.3) is 16.5 Å². The molecule has 5 aliphatic rings. The number of hydrogen-bond donors (Lipinski definition) is 2. The first-order valence-corrected chi connectivity index (χ1v) is 14.8. The Morgan fingerprint density at radius 3 is 2.63 bits per heavy atom. The third kappa shape index (κ3) is 4.34. The molecule has 0 spiro atoms. The Morgan fingerprint density at radius 2 is 1.88 bits per heavy atom. The van der Waals surface area contributed by atoms with E-state index in [1.54, 1.807) is 0 Å². The molecule has 41 heavy (non-hydrogen) atoms. The molecule has 2 bridgehead atoms. The number of likely N-dealkylation sites (tertiary alicyclic amines) is 1. The zero-order valence-electron chi connectivity index (χ0n) is 23.5. The molecule has 4 aliphatic heterocycles. The molecule has 2 N–H and O–H groups in total. The average molecular weight is 571 g/mol. The van der Waals surface area contributed by atoms with Gasteiger partial charge in [-0.25, -0.2) is 18.2 Å². The van der Waals surface area contributed by atoms with Gasteiger partial charge in [-0.1, -0.05) is 13.8 Å². The van der Waals surface area contributed by atoms with Gasteiger partial charge in [0.1, 0.15) is 35.6 Å². The molecule has 7 rings (SSSR count). The quantitative estimate of drug-likeness (QED) is 0.526. The van der Waals surface area contributed by atoms with Gasteiger partial charge in [0.2, 0.25) is 0 Å². The molecule has 5 atom stereocenters. The number of ether oxygens (including phenoxy) is 1.